The lowest BCUT2D eigenvalue weighted by molar-refractivity contribution is -0.161. The topological polar surface area (TPSA) is 26.2 Å². The Bertz CT molecular complexity index is 506. The molecule has 9 heteroatoms. The van der Waals surface area contributed by atoms with Crippen molar-refractivity contribution in [2.24, 2.45) is 0 Å². The molecule has 1 aromatic heterocycles. The molecule has 1 aliphatic rings. The van der Waals surface area contributed by atoms with Crippen LogP contribution in [0.2, 0.25) is 0 Å². The van der Waals surface area contributed by atoms with Gasteiger partial charge in [-0.05, 0) is 39.3 Å². The number of aryl methyl sites for hydroxylation is 1. The van der Waals surface area contributed by atoms with Crippen LogP contribution in [0.5, 0.6) is 0 Å². The number of aromatic nitrogens is 1. The molecule has 0 radical (unpaired) electrons. The number of halogens is 6. The Hall–Kier alpha value is -1.22. The number of methoxy groups -OCH3 is 1. The fourth-order valence-electron chi connectivity index (χ4n) is 2.64. The standard InChI is InChI=1S/C11H13F6NO.C5H11N/c1-7-9(11(15,16)17)8(10(12,13)14)6-18(7)4-3-5-19-2;1-2-4-6-5-3-1/h6H,3-5H2,1-2H3;6H,1-5H2. The first-order chi connectivity index (χ1) is 11.6. The Kier molecular flexibility index (Phi) is 8.27. The van der Waals surface area contributed by atoms with Crippen LogP contribution in [-0.4, -0.2) is 31.4 Å². The highest BCUT2D eigenvalue weighted by molar-refractivity contribution is 5.36. The van der Waals surface area contributed by atoms with E-state index in [1.54, 1.807) is 0 Å². The second-order valence-electron chi connectivity index (χ2n) is 5.85. The SMILES string of the molecule is C1CCNCC1.COCCCn1cc(C(F)(F)F)c(C(F)(F)F)c1C. The minimum Gasteiger partial charge on any atom is -0.385 e. The number of nitrogens with zero attached hydrogens (tertiary/aromatic N) is 1. The lowest BCUT2D eigenvalue weighted by Crippen LogP contribution is -2.21. The summed E-state index contributed by atoms with van der Waals surface area (Å²) in [5.41, 5.74) is -3.69. The summed E-state index contributed by atoms with van der Waals surface area (Å²) in [7, 11) is 1.41. The molecule has 0 spiro atoms. The quantitative estimate of drug-likeness (QED) is 0.614. The van der Waals surface area contributed by atoms with Gasteiger partial charge in [-0.1, -0.05) is 6.42 Å². The summed E-state index contributed by atoms with van der Waals surface area (Å²) >= 11 is 0. The van der Waals surface area contributed by atoms with Crippen molar-refractivity contribution < 1.29 is 31.1 Å². The fourth-order valence-corrected chi connectivity index (χ4v) is 2.64. The molecule has 0 saturated carbocycles. The van der Waals surface area contributed by atoms with Gasteiger partial charge in [0.2, 0.25) is 0 Å². The van der Waals surface area contributed by atoms with Crippen molar-refractivity contribution >= 4 is 0 Å². The summed E-state index contributed by atoms with van der Waals surface area (Å²) in [6.07, 6.45) is -5.00. The lowest BCUT2D eigenvalue weighted by atomic mass is 10.1. The van der Waals surface area contributed by atoms with Crippen LogP contribution in [0.4, 0.5) is 26.3 Å². The van der Waals surface area contributed by atoms with Crippen molar-refractivity contribution in [3.05, 3.63) is 23.0 Å². The highest BCUT2D eigenvalue weighted by atomic mass is 19.4. The van der Waals surface area contributed by atoms with Crippen molar-refractivity contribution in [3.8, 4) is 0 Å². The molecule has 0 atom stereocenters. The summed E-state index contributed by atoms with van der Waals surface area (Å²) in [6.45, 7) is 3.84. The van der Waals surface area contributed by atoms with E-state index in [1.807, 2.05) is 0 Å². The summed E-state index contributed by atoms with van der Waals surface area (Å²) in [4.78, 5) is 0. The number of hydrogen-bond acceptors (Lipinski definition) is 2. The second-order valence-corrected chi connectivity index (χ2v) is 5.85. The predicted octanol–water partition coefficient (Wildman–Crippen LogP) is 4.63. The minimum absolute atomic E-state index is 0.0405. The smallest absolute Gasteiger partial charge is 0.385 e. The zero-order valence-corrected chi connectivity index (χ0v) is 14.4. The van der Waals surface area contributed by atoms with E-state index < -0.39 is 29.2 Å². The minimum atomic E-state index is -5.03. The van der Waals surface area contributed by atoms with Crippen molar-refractivity contribution in [2.75, 3.05) is 26.8 Å². The van der Waals surface area contributed by atoms with Gasteiger partial charge in [-0.2, -0.15) is 26.3 Å². The van der Waals surface area contributed by atoms with Crippen LogP contribution >= 0.6 is 0 Å². The molecule has 0 aromatic carbocycles. The molecule has 0 amide bonds. The first-order valence-corrected chi connectivity index (χ1v) is 8.12. The van der Waals surface area contributed by atoms with E-state index in [4.69, 9.17) is 4.74 Å². The Morgan fingerprint density at radius 2 is 1.64 bits per heavy atom. The summed E-state index contributed by atoms with van der Waals surface area (Å²) < 4.78 is 81.7. The summed E-state index contributed by atoms with van der Waals surface area (Å²) in [5, 5.41) is 3.28. The van der Waals surface area contributed by atoms with Gasteiger partial charge in [-0.15, -0.1) is 0 Å². The molecule has 146 valence electrons. The van der Waals surface area contributed by atoms with Gasteiger partial charge in [0.15, 0.2) is 0 Å². The number of hydrogen-bond donors (Lipinski definition) is 1. The van der Waals surface area contributed by atoms with Crippen molar-refractivity contribution in [1.82, 2.24) is 9.88 Å². The molecular formula is C16H24F6N2O. The van der Waals surface area contributed by atoms with Gasteiger partial charge < -0.3 is 14.6 Å². The molecule has 1 N–H and O–H groups in total. The van der Waals surface area contributed by atoms with Crippen LogP contribution in [0.1, 0.15) is 42.5 Å². The summed E-state index contributed by atoms with van der Waals surface area (Å²) in [5.74, 6) is 0. The van der Waals surface area contributed by atoms with Gasteiger partial charge in [0, 0.05) is 32.2 Å². The third kappa shape index (κ3) is 6.89. The molecule has 1 fully saturated rings. The van der Waals surface area contributed by atoms with E-state index in [1.165, 1.54) is 39.5 Å². The second kappa shape index (κ2) is 9.47. The van der Waals surface area contributed by atoms with Gasteiger partial charge in [0.25, 0.3) is 0 Å². The first kappa shape index (κ1) is 21.8. The maximum Gasteiger partial charge on any atom is 0.418 e. The van der Waals surface area contributed by atoms with E-state index in [2.05, 4.69) is 5.32 Å². The Labute approximate surface area is 143 Å². The average molecular weight is 374 g/mol. The van der Waals surface area contributed by atoms with Crippen LogP contribution in [0.25, 0.3) is 0 Å². The predicted molar refractivity (Wildman–Crippen MR) is 82.4 cm³/mol. The number of nitrogens with one attached hydrogen (secondary N) is 1. The van der Waals surface area contributed by atoms with Crippen molar-refractivity contribution in [1.29, 1.82) is 0 Å². The third-order valence-electron chi connectivity index (χ3n) is 3.89. The van der Waals surface area contributed by atoms with Gasteiger partial charge in [0.1, 0.15) is 0 Å². The van der Waals surface area contributed by atoms with Crippen LogP contribution in [0, 0.1) is 6.92 Å². The largest absolute Gasteiger partial charge is 0.418 e. The molecule has 1 saturated heterocycles. The highest BCUT2D eigenvalue weighted by Crippen LogP contribution is 2.42. The molecule has 1 aromatic rings. The average Bonchev–Trinajstić information content (AvgIpc) is 2.87. The van der Waals surface area contributed by atoms with E-state index in [0.717, 1.165) is 11.5 Å². The van der Waals surface area contributed by atoms with Crippen LogP contribution in [0.15, 0.2) is 6.20 Å². The van der Waals surface area contributed by atoms with Crippen LogP contribution in [-0.2, 0) is 23.6 Å². The van der Waals surface area contributed by atoms with Gasteiger partial charge >= 0.3 is 12.4 Å². The first-order valence-electron chi connectivity index (χ1n) is 8.12. The molecule has 2 rings (SSSR count). The molecule has 3 nitrogen and oxygen atoms in total. The monoisotopic (exact) mass is 374 g/mol. The number of alkyl halides is 6. The van der Waals surface area contributed by atoms with Gasteiger partial charge in [-0.25, -0.2) is 0 Å². The molecule has 0 unspecified atom stereocenters. The fraction of sp³-hybridized carbons (Fsp3) is 0.750. The number of piperidine rings is 1. The van der Waals surface area contributed by atoms with Gasteiger partial charge in [0.05, 0.1) is 11.1 Å². The normalized spacial score (nSPS) is 15.7. The van der Waals surface area contributed by atoms with Gasteiger partial charge in [-0.3, -0.25) is 0 Å². The third-order valence-corrected chi connectivity index (χ3v) is 3.89. The van der Waals surface area contributed by atoms with Crippen LogP contribution in [0.3, 0.4) is 0 Å². The zero-order chi connectivity index (χ0) is 19.1. The maximum atomic E-state index is 12.7. The van der Waals surface area contributed by atoms with Crippen molar-refractivity contribution in [2.45, 2.75) is 51.5 Å². The molecule has 0 aliphatic carbocycles. The molecule has 1 aliphatic heterocycles. The van der Waals surface area contributed by atoms with E-state index in [9.17, 15) is 26.3 Å². The Balaban J connectivity index is 0.000000435. The molecule has 25 heavy (non-hydrogen) atoms. The molecule has 0 bridgehead atoms. The van der Waals surface area contributed by atoms with Crippen molar-refractivity contribution in [3.63, 3.8) is 0 Å². The zero-order valence-electron chi connectivity index (χ0n) is 14.4. The summed E-state index contributed by atoms with van der Waals surface area (Å²) in [6, 6.07) is 0. The highest BCUT2D eigenvalue weighted by Gasteiger charge is 2.46. The Morgan fingerprint density at radius 1 is 1.04 bits per heavy atom. The van der Waals surface area contributed by atoms with E-state index in [-0.39, 0.29) is 13.2 Å². The molecule has 2 heterocycles. The number of ether oxygens (including phenoxy) is 1. The maximum absolute atomic E-state index is 12.7. The van der Waals surface area contributed by atoms with E-state index in [0.29, 0.717) is 12.6 Å². The van der Waals surface area contributed by atoms with E-state index >= 15 is 0 Å². The Morgan fingerprint density at radius 3 is 1.96 bits per heavy atom. The number of rotatable bonds is 4. The van der Waals surface area contributed by atoms with Crippen LogP contribution < -0.4 is 5.32 Å². The lowest BCUT2D eigenvalue weighted by Gasteiger charge is -2.12. The molecular weight excluding hydrogens is 350 g/mol.